The molecule has 1 aliphatic heterocycles. The molecular weight excluding hydrogens is 272 g/mol. The monoisotopic (exact) mass is 286 g/mol. The molecule has 0 aliphatic carbocycles. The highest BCUT2D eigenvalue weighted by Gasteiger charge is 2.12. The molecule has 0 spiro atoms. The van der Waals surface area contributed by atoms with E-state index in [4.69, 9.17) is 16.3 Å². The van der Waals surface area contributed by atoms with E-state index in [1.165, 1.54) is 17.9 Å². The maximum atomic E-state index is 6.33. The molecule has 17 heavy (non-hydrogen) atoms. The zero-order valence-electron chi connectivity index (χ0n) is 9.69. The fourth-order valence-electron chi connectivity index (χ4n) is 1.57. The van der Waals surface area contributed by atoms with Gasteiger partial charge >= 0.3 is 0 Å². The van der Waals surface area contributed by atoms with Crippen LogP contribution in [0.25, 0.3) is 5.03 Å². The van der Waals surface area contributed by atoms with Gasteiger partial charge in [0.2, 0.25) is 0 Å². The van der Waals surface area contributed by atoms with Gasteiger partial charge in [0.15, 0.2) is 0 Å². The van der Waals surface area contributed by atoms with Crippen LogP contribution in [-0.2, 0) is 0 Å². The minimum Gasteiger partial charge on any atom is -0.497 e. The van der Waals surface area contributed by atoms with Crippen molar-refractivity contribution in [2.75, 3.05) is 18.6 Å². The molecule has 1 fully saturated rings. The summed E-state index contributed by atoms with van der Waals surface area (Å²) in [7, 11) is 1.67. The number of thioether (sulfide) groups is 2. The Balaban J connectivity index is 2.06. The zero-order chi connectivity index (χ0) is 12.1. The highest BCUT2D eigenvalue weighted by Crippen LogP contribution is 2.34. The first kappa shape index (κ1) is 13.2. The summed E-state index contributed by atoms with van der Waals surface area (Å²) in [5, 5.41) is 0.833. The van der Waals surface area contributed by atoms with E-state index in [1.54, 1.807) is 7.11 Å². The van der Waals surface area contributed by atoms with Crippen molar-refractivity contribution < 1.29 is 4.74 Å². The van der Waals surface area contributed by atoms with Crippen LogP contribution in [-0.4, -0.2) is 23.2 Å². The van der Waals surface area contributed by atoms with E-state index in [1.807, 2.05) is 47.8 Å². The van der Waals surface area contributed by atoms with Crippen LogP contribution in [0.4, 0.5) is 0 Å². The lowest BCUT2D eigenvalue weighted by molar-refractivity contribution is 0.415. The molecular formula is C13H15ClOS2. The highest BCUT2D eigenvalue weighted by molar-refractivity contribution is 8.17. The van der Waals surface area contributed by atoms with Gasteiger partial charge in [0.25, 0.3) is 0 Å². The first-order chi connectivity index (χ1) is 8.29. The second-order valence-electron chi connectivity index (χ2n) is 3.71. The van der Waals surface area contributed by atoms with Gasteiger partial charge in [0.1, 0.15) is 5.75 Å². The van der Waals surface area contributed by atoms with Gasteiger partial charge in [-0.2, -0.15) is 0 Å². The van der Waals surface area contributed by atoms with Gasteiger partial charge in [0, 0.05) is 5.03 Å². The minimum atomic E-state index is 0.498. The van der Waals surface area contributed by atoms with Crippen LogP contribution in [0, 0.1) is 0 Å². The second kappa shape index (κ2) is 6.62. The van der Waals surface area contributed by atoms with Gasteiger partial charge in [-0.3, -0.25) is 0 Å². The molecule has 0 radical (unpaired) electrons. The number of rotatable bonds is 3. The summed E-state index contributed by atoms with van der Waals surface area (Å²) < 4.78 is 5.63. The second-order valence-corrected chi connectivity index (χ2v) is 6.91. The molecule has 2 rings (SSSR count). The van der Waals surface area contributed by atoms with Crippen LogP contribution in [0.15, 0.2) is 30.3 Å². The number of methoxy groups -OCH3 is 1. The van der Waals surface area contributed by atoms with E-state index in [9.17, 15) is 0 Å². The lowest BCUT2D eigenvalue weighted by Crippen LogP contribution is -2.03. The van der Waals surface area contributed by atoms with Gasteiger partial charge in [-0.15, -0.1) is 23.5 Å². The summed E-state index contributed by atoms with van der Waals surface area (Å²) in [6.45, 7) is 0. The first-order valence-electron chi connectivity index (χ1n) is 5.54. The Morgan fingerprint density at radius 3 is 2.53 bits per heavy atom. The van der Waals surface area contributed by atoms with Gasteiger partial charge in [0.05, 0.1) is 11.7 Å². The van der Waals surface area contributed by atoms with E-state index in [-0.39, 0.29) is 0 Å². The van der Waals surface area contributed by atoms with Gasteiger partial charge < -0.3 is 4.74 Å². The van der Waals surface area contributed by atoms with Gasteiger partial charge in [-0.05, 0) is 53.8 Å². The molecule has 0 amide bonds. The summed E-state index contributed by atoms with van der Waals surface area (Å²) in [6.07, 6.45) is 3.46. The van der Waals surface area contributed by atoms with Crippen molar-refractivity contribution in [2.24, 2.45) is 0 Å². The van der Waals surface area contributed by atoms with Crippen molar-refractivity contribution in [1.82, 2.24) is 0 Å². The third-order valence-electron chi connectivity index (χ3n) is 2.50. The van der Waals surface area contributed by atoms with Crippen LogP contribution < -0.4 is 4.74 Å². The van der Waals surface area contributed by atoms with Gasteiger partial charge in [-0.25, -0.2) is 0 Å². The molecule has 1 aromatic carbocycles. The molecule has 0 aromatic heterocycles. The van der Waals surface area contributed by atoms with Crippen molar-refractivity contribution in [2.45, 2.75) is 11.0 Å². The van der Waals surface area contributed by atoms with E-state index in [2.05, 4.69) is 6.08 Å². The maximum absolute atomic E-state index is 6.33. The molecule has 92 valence electrons. The van der Waals surface area contributed by atoms with Gasteiger partial charge in [-0.1, -0.05) is 11.6 Å². The standard InChI is InChI=1S/C13H15ClOS2/c1-15-11-5-3-10(4-6-11)12(14)9-13-16-7-2-8-17-13/h3-6,9,13H,2,7-8H2,1H3/b12-9-. The Hall–Kier alpha value is -0.250. The molecule has 1 heterocycles. The average Bonchev–Trinajstić information content (AvgIpc) is 2.40. The highest BCUT2D eigenvalue weighted by atomic mass is 35.5. The number of benzene rings is 1. The summed E-state index contributed by atoms with van der Waals surface area (Å²) in [4.78, 5) is 0. The predicted octanol–water partition coefficient (Wildman–Crippen LogP) is 4.47. The molecule has 1 aromatic rings. The lowest BCUT2D eigenvalue weighted by Gasteiger charge is -2.17. The van der Waals surface area contributed by atoms with E-state index in [0.717, 1.165) is 16.3 Å². The molecule has 0 saturated carbocycles. The predicted molar refractivity (Wildman–Crippen MR) is 80.1 cm³/mol. The lowest BCUT2D eigenvalue weighted by atomic mass is 10.2. The Morgan fingerprint density at radius 1 is 1.29 bits per heavy atom. The molecule has 1 nitrogen and oxygen atoms in total. The van der Waals surface area contributed by atoms with Crippen LogP contribution in [0.1, 0.15) is 12.0 Å². The summed E-state index contributed by atoms with van der Waals surface area (Å²) >= 11 is 10.3. The van der Waals surface area contributed by atoms with Crippen molar-refractivity contribution in [3.05, 3.63) is 35.9 Å². The van der Waals surface area contributed by atoms with Crippen LogP contribution in [0.3, 0.4) is 0 Å². The van der Waals surface area contributed by atoms with E-state index < -0.39 is 0 Å². The fourth-order valence-corrected chi connectivity index (χ4v) is 4.67. The molecule has 0 atom stereocenters. The third kappa shape index (κ3) is 3.87. The SMILES string of the molecule is COc1ccc(/C(Cl)=C/C2SCCCS2)cc1. The van der Waals surface area contributed by atoms with E-state index in [0.29, 0.717) is 4.58 Å². The number of hydrogen-bond acceptors (Lipinski definition) is 3. The minimum absolute atomic E-state index is 0.498. The molecule has 0 N–H and O–H groups in total. The Kier molecular flexibility index (Phi) is 5.14. The van der Waals surface area contributed by atoms with Crippen molar-refractivity contribution in [3.63, 3.8) is 0 Å². The molecule has 4 heteroatoms. The Labute approximate surface area is 116 Å². The molecule has 0 bridgehead atoms. The zero-order valence-corrected chi connectivity index (χ0v) is 12.1. The summed E-state index contributed by atoms with van der Waals surface area (Å²) in [5.74, 6) is 3.33. The molecule has 0 unspecified atom stereocenters. The van der Waals surface area contributed by atoms with Crippen LogP contribution in [0.5, 0.6) is 5.75 Å². The summed E-state index contributed by atoms with van der Waals surface area (Å²) in [5.41, 5.74) is 1.05. The molecule has 1 aliphatic rings. The Morgan fingerprint density at radius 2 is 1.94 bits per heavy atom. The number of ether oxygens (including phenoxy) is 1. The third-order valence-corrected chi connectivity index (χ3v) is 5.64. The summed E-state index contributed by atoms with van der Waals surface area (Å²) in [6, 6.07) is 7.87. The maximum Gasteiger partial charge on any atom is 0.118 e. The van der Waals surface area contributed by atoms with Crippen LogP contribution >= 0.6 is 35.1 Å². The van der Waals surface area contributed by atoms with E-state index >= 15 is 0 Å². The van der Waals surface area contributed by atoms with Crippen LogP contribution in [0.2, 0.25) is 0 Å². The largest absolute Gasteiger partial charge is 0.497 e. The smallest absolute Gasteiger partial charge is 0.118 e. The molecule has 1 saturated heterocycles. The normalized spacial score (nSPS) is 18.1. The number of hydrogen-bond donors (Lipinski definition) is 0. The Bertz CT molecular complexity index is 383. The number of halogens is 1. The first-order valence-corrected chi connectivity index (χ1v) is 8.02. The topological polar surface area (TPSA) is 9.23 Å². The van der Waals surface area contributed by atoms with Crippen molar-refractivity contribution in [3.8, 4) is 5.75 Å². The van der Waals surface area contributed by atoms with Crippen molar-refractivity contribution >= 4 is 40.2 Å². The quantitative estimate of drug-likeness (QED) is 0.811. The fraction of sp³-hybridized carbons (Fsp3) is 0.385. The average molecular weight is 287 g/mol. The van der Waals surface area contributed by atoms with Crippen molar-refractivity contribution in [1.29, 1.82) is 0 Å².